The Kier molecular flexibility index (Phi) is 6.33. The van der Waals surface area contributed by atoms with Gasteiger partial charge in [-0.3, -0.25) is 4.79 Å². The van der Waals surface area contributed by atoms with Gasteiger partial charge in [0.1, 0.15) is 9.88 Å². The highest BCUT2D eigenvalue weighted by molar-refractivity contribution is 7.17. The van der Waals surface area contributed by atoms with Crippen molar-refractivity contribution >= 4 is 17.2 Å². The second kappa shape index (κ2) is 8.11. The fourth-order valence-corrected chi connectivity index (χ4v) is 3.42. The number of benzene rings is 1. The van der Waals surface area contributed by atoms with E-state index in [1.165, 1.54) is 12.1 Å². The van der Waals surface area contributed by atoms with Gasteiger partial charge in [-0.2, -0.15) is 13.2 Å². The minimum absolute atomic E-state index is 0.191. The van der Waals surface area contributed by atoms with E-state index in [2.05, 4.69) is 4.98 Å². The summed E-state index contributed by atoms with van der Waals surface area (Å²) in [6.07, 6.45) is -6.55. The normalized spacial score (nSPS) is 11.8. The summed E-state index contributed by atoms with van der Waals surface area (Å²) in [5, 5.41) is 0.369. The zero-order chi connectivity index (χ0) is 19.5. The van der Waals surface area contributed by atoms with Crippen LogP contribution in [0.25, 0.3) is 10.6 Å². The second-order valence-electron chi connectivity index (χ2n) is 5.65. The number of aromatic nitrogens is 1. The molecule has 2 aromatic rings. The molecule has 142 valence electrons. The minimum Gasteiger partial charge on any atom is -0.332 e. The molecule has 0 aliphatic carbocycles. The topological polar surface area (TPSA) is 33.2 Å². The zero-order valence-corrected chi connectivity index (χ0v) is 14.9. The molecule has 0 saturated carbocycles. The second-order valence-corrected chi connectivity index (χ2v) is 6.65. The van der Waals surface area contributed by atoms with Crippen molar-refractivity contribution in [3.63, 3.8) is 0 Å². The summed E-state index contributed by atoms with van der Waals surface area (Å²) in [7, 11) is 0. The lowest BCUT2D eigenvalue weighted by Gasteiger charge is -2.21. The SMILES string of the molecule is CCCN(CC(F)F)C(=O)c1sc(-c2ccc(C(F)(F)F)cc2)nc1C. The number of nitrogens with zero attached hydrogens (tertiary/aromatic N) is 2. The van der Waals surface area contributed by atoms with Crippen LogP contribution in [0.1, 0.15) is 34.3 Å². The van der Waals surface area contributed by atoms with E-state index in [9.17, 15) is 26.7 Å². The molecule has 2 rings (SSSR count). The van der Waals surface area contributed by atoms with Gasteiger partial charge in [0.15, 0.2) is 0 Å². The van der Waals surface area contributed by atoms with Crippen LogP contribution in [0.5, 0.6) is 0 Å². The van der Waals surface area contributed by atoms with Crippen LogP contribution in [0.15, 0.2) is 24.3 Å². The van der Waals surface area contributed by atoms with Crippen molar-refractivity contribution in [1.29, 1.82) is 0 Å². The Morgan fingerprint density at radius 1 is 1.23 bits per heavy atom. The molecule has 0 fully saturated rings. The first-order valence-corrected chi connectivity index (χ1v) is 8.67. The first kappa shape index (κ1) is 20.3. The van der Waals surface area contributed by atoms with Gasteiger partial charge in [-0.05, 0) is 25.5 Å². The molecule has 1 heterocycles. The fraction of sp³-hybridized carbons (Fsp3) is 0.412. The Morgan fingerprint density at radius 3 is 2.35 bits per heavy atom. The maximum absolute atomic E-state index is 12.7. The van der Waals surface area contributed by atoms with Gasteiger partial charge in [0.2, 0.25) is 0 Å². The highest BCUT2D eigenvalue weighted by Crippen LogP contribution is 2.33. The fourth-order valence-electron chi connectivity index (χ4n) is 2.38. The molecular weight excluding hydrogens is 375 g/mol. The molecule has 0 atom stereocenters. The maximum atomic E-state index is 12.7. The lowest BCUT2D eigenvalue weighted by atomic mass is 10.1. The van der Waals surface area contributed by atoms with Gasteiger partial charge in [-0.25, -0.2) is 13.8 Å². The predicted octanol–water partition coefficient (Wildman–Crippen LogP) is 5.25. The van der Waals surface area contributed by atoms with Crippen molar-refractivity contribution in [2.24, 2.45) is 0 Å². The predicted molar refractivity (Wildman–Crippen MR) is 89.5 cm³/mol. The number of hydrogen-bond donors (Lipinski definition) is 0. The highest BCUT2D eigenvalue weighted by atomic mass is 32.1. The summed E-state index contributed by atoms with van der Waals surface area (Å²) in [6, 6.07) is 4.43. The van der Waals surface area contributed by atoms with Crippen molar-refractivity contribution in [2.45, 2.75) is 32.9 Å². The summed E-state index contributed by atoms with van der Waals surface area (Å²) in [5.74, 6) is -0.541. The number of halogens is 5. The number of thiazole rings is 1. The molecule has 0 N–H and O–H groups in total. The first-order valence-electron chi connectivity index (χ1n) is 7.86. The van der Waals surface area contributed by atoms with Crippen molar-refractivity contribution in [1.82, 2.24) is 9.88 Å². The molecule has 26 heavy (non-hydrogen) atoms. The van der Waals surface area contributed by atoms with E-state index in [-0.39, 0.29) is 11.4 Å². The number of hydrogen-bond acceptors (Lipinski definition) is 3. The van der Waals surface area contributed by atoms with E-state index < -0.39 is 30.6 Å². The average Bonchev–Trinajstić information content (AvgIpc) is 2.94. The van der Waals surface area contributed by atoms with Crippen LogP contribution in [0, 0.1) is 6.92 Å². The van der Waals surface area contributed by atoms with Crippen LogP contribution in [0.2, 0.25) is 0 Å². The van der Waals surface area contributed by atoms with Crippen molar-refractivity contribution in [3.05, 3.63) is 40.4 Å². The molecule has 1 amide bonds. The minimum atomic E-state index is -4.44. The van der Waals surface area contributed by atoms with Gasteiger partial charge in [-0.15, -0.1) is 11.3 Å². The summed E-state index contributed by atoms with van der Waals surface area (Å²) in [5.41, 5.74) is 0.0169. The molecule has 0 saturated heterocycles. The van der Waals surface area contributed by atoms with Crippen LogP contribution in [0.4, 0.5) is 22.0 Å². The molecule has 0 aliphatic heterocycles. The lowest BCUT2D eigenvalue weighted by molar-refractivity contribution is -0.137. The summed E-state index contributed by atoms with van der Waals surface area (Å²) < 4.78 is 63.3. The first-order chi connectivity index (χ1) is 12.1. The standard InChI is InChI=1S/C17H17F5N2OS/c1-3-8-24(9-13(18)19)16(25)14-10(2)23-15(26-14)11-4-6-12(7-5-11)17(20,21)22/h4-7,13H,3,8-9H2,1-2H3. The van der Waals surface area contributed by atoms with Crippen LogP contribution >= 0.6 is 11.3 Å². The molecule has 0 radical (unpaired) electrons. The number of rotatable bonds is 6. The molecule has 0 unspecified atom stereocenters. The quantitative estimate of drug-likeness (QED) is 0.629. The van der Waals surface area contributed by atoms with E-state index in [1.807, 2.05) is 0 Å². The zero-order valence-electron chi connectivity index (χ0n) is 14.1. The van der Waals surface area contributed by atoms with Gasteiger partial charge < -0.3 is 4.90 Å². The Balaban J connectivity index is 2.29. The van der Waals surface area contributed by atoms with Crippen LogP contribution in [-0.2, 0) is 6.18 Å². The molecule has 1 aromatic carbocycles. The van der Waals surface area contributed by atoms with Gasteiger partial charge >= 0.3 is 6.18 Å². The van der Waals surface area contributed by atoms with E-state index in [0.717, 1.165) is 28.4 Å². The van der Waals surface area contributed by atoms with E-state index in [4.69, 9.17) is 0 Å². The van der Waals surface area contributed by atoms with E-state index >= 15 is 0 Å². The van der Waals surface area contributed by atoms with Gasteiger partial charge in [0.25, 0.3) is 12.3 Å². The molecule has 0 spiro atoms. The third-order valence-corrected chi connectivity index (χ3v) is 4.78. The monoisotopic (exact) mass is 392 g/mol. The summed E-state index contributed by atoms with van der Waals surface area (Å²) >= 11 is 0.987. The van der Waals surface area contributed by atoms with Crippen LogP contribution in [0.3, 0.4) is 0 Å². The summed E-state index contributed by atoms with van der Waals surface area (Å²) in [6.45, 7) is 2.87. The lowest BCUT2D eigenvalue weighted by Crippen LogP contribution is -2.35. The molecule has 0 bridgehead atoms. The van der Waals surface area contributed by atoms with Crippen LogP contribution < -0.4 is 0 Å². The number of aryl methyl sites for hydroxylation is 1. The number of amides is 1. The summed E-state index contributed by atoms with van der Waals surface area (Å²) in [4.78, 5) is 18.0. The third kappa shape index (κ3) is 4.78. The Labute approximate surface area is 151 Å². The van der Waals surface area contributed by atoms with E-state index in [0.29, 0.717) is 22.7 Å². The highest BCUT2D eigenvalue weighted by Gasteiger charge is 2.30. The molecule has 1 aromatic heterocycles. The van der Waals surface area contributed by atoms with E-state index in [1.54, 1.807) is 13.8 Å². The van der Waals surface area contributed by atoms with Gasteiger partial charge in [-0.1, -0.05) is 19.1 Å². The van der Waals surface area contributed by atoms with Crippen molar-refractivity contribution < 1.29 is 26.7 Å². The van der Waals surface area contributed by atoms with Gasteiger partial charge in [0, 0.05) is 12.1 Å². The van der Waals surface area contributed by atoms with Crippen molar-refractivity contribution in [3.8, 4) is 10.6 Å². The maximum Gasteiger partial charge on any atom is 0.416 e. The number of alkyl halides is 5. The Bertz CT molecular complexity index is 756. The molecular formula is C17H17F5N2OS. The number of carbonyl (C=O) groups excluding carboxylic acids is 1. The average molecular weight is 392 g/mol. The van der Waals surface area contributed by atoms with Crippen molar-refractivity contribution in [2.75, 3.05) is 13.1 Å². The number of carbonyl (C=O) groups is 1. The van der Waals surface area contributed by atoms with Crippen LogP contribution in [-0.4, -0.2) is 35.3 Å². The Morgan fingerprint density at radius 2 is 1.85 bits per heavy atom. The van der Waals surface area contributed by atoms with Gasteiger partial charge in [0.05, 0.1) is 17.8 Å². The largest absolute Gasteiger partial charge is 0.416 e. The third-order valence-electron chi connectivity index (χ3n) is 3.59. The molecule has 0 aliphatic rings. The smallest absolute Gasteiger partial charge is 0.332 e. The molecule has 3 nitrogen and oxygen atoms in total. The molecule has 9 heteroatoms. The Hall–Kier alpha value is -2.03.